The summed E-state index contributed by atoms with van der Waals surface area (Å²) >= 11 is 0. The van der Waals surface area contributed by atoms with Gasteiger partial charge < -0.3 is 19.5 Å². The maximum absolute atomic E-state index is 12.9. The lowest BCUT2D eigenvalue weighted by Gasteiger charge is -2.45. The fourth-order valence-electron chi connectivity index (χ4n) is 5.64. The smallest absolute Gasteiger partial charge is 0.450 e. The highest BCUT2D eigenvalue weighted by Gasteiger charge is 2.51. The molecule has 3 atom stereocenters. The van der Waals surface area contributed by atoms with Crippen molar-refractivity contribution < 1.29 is 24.2 Å². The van der Waals surface area contributed by atoms with Gasteiger partial charge in [0, 0.05) is 51.5 Å². The van der Waals surface area contributed by atoms with E-state index in [9.17, 15) is 9.59 Å². The summed E-state index contributed by atoms with van der Waals surface area (Å²) in [5.41, 5.74) is 0. The Kier molecular flexibility index (Phi) is 6.01. The molecule has 0 aromatic carbocycles. The maximum Gasteiger partial charge on any atom is 0.506 e. The van der Waals surface area contributed by atoms with Crippen LogP contribution in [0.15, 0.2) is 18.6 Å². The minimum absolute atomic E-state index is 0.0554. The van der Waals surface area contributed by atoms with Crippen molar-refractivity contribution in [3.63, 3.8) is 0 Å². The predicted octanol–water partition coefficient (Wildman–Crippen LogP) is 1.41. The minimum atomic E-state index is -1.21. The molecule has 0 spiro atoms. The van der Waals surface area contributed by atoms with Crippen molar-refractivity contribution in [3.8, 4) is 0 Å². The van der Waals surface area contributed by atoms with E-state index in [-0.39, 0.29) is 30.4 Å². The van der Waals surface area contributed by atoms with Crippen LogP contribution in [0.2, 0.25) is 0 Å². The number of piperazine rings is 1. The molecule has 1 saturated carbocycles. The molecule has 1 N–H and O–H groups in total. The molecule has 0 radical (unpaired) electrons. The second-order valence-electron chi connectivity index (χ2n) is 8.89. The summed E-state index contributed by atoms with van der Waals surface area (Å²) in [6.45, 7) is 4.59. The number of anilines is 1. The Morgan fingerprint density at radius 2 is 1.81 bits per heavy atom. The largest absolute Gasteiger partial charge is 0.506 e. The fourth-order valence-corrected chi connectivity index (χ4v) is 5.64. The van der Waals surface area contributed by atoms with Crippen LogP contribution >= 0.6 is 0 Å². The van der Waals surface area contributed by atoms with Gasteiger partial charge in [-0.1, -0.05) is 0 Å². The third-order valence-corrected chi connectivity index (χ3v) is 7.16. The molecule has 1 aromatic rings. The van der Waals surface area contributed by atoms with E-state index in [2.05, 4.69) is 24.8 Å². The fraction of sp³-hybridized carbons (Fsp3) is 0.714. The molecule has 1 aliphatic carbocycles. The molecular formula is C21H30N6O5. The predicted molar refractivity (Wildman–Crippen MR) is 113 cm³/mol. The summed E-state index contributed by atoms with van der Waals surface area (Å²) in [5.74, 6) is 0.912. The number of piperidine rings is 1. The van der Waals surface area contributed by atoms with Gasteiger partial charge in [0.25, 0.3) is 0 Å². The number of nitrogens with zero attached hydrogens (tertiary/aromatic N) is 6. The Morgan fingerprint density at radius 1 is 1.06 bits per heavy atom. The van der Waals surface area contributed by atoms with Gasteiger partial charge in [0.05, 0.1) is 6.04 Å². The molecule has 32 heavy (non-hydrogen) atoms. The van der Waals surface area contributed by atoms with Gasteiger partial charge in [0.1, 0.15) is 24.4 Å². The summed E-state index contributed by atoms with van der Waals surface area (Å²) < 4.78 is 10.9. The van der Waals surface area contributed by atoms with Crippen LogP contribution in [0, 0.1) is 0 Å². The van der Waals surface area contributed by atoms with Gasteiger partial charge in [-0.05, 0) is 38.2 Å². The van der Waals surface area contributed by atoms with E-state index >= 15 is 0 Å². The van der Waals surface area contributed by atoms with Crippen LogP contribution in [0.4, 0.5) is 15.4 Å². The zero-order chi connectivity index (χ0) is 22.1. The van der Waals surface area contributed by atoms with Gasteiger partial charge in [0.15, 0.2) is 0 Å². The number of aromatic nitrogens is 2. The van der Waals surface area contributed by atoms with Crippen LogP contribution in [0.1, 0.15) is 32.1 Å². The number of amides is 1. The van der Waals surface area contributed by atoms with Crippen molar-refractivity contribution in [1.29, 1.82) is 0 Å². The molecule has 11 nitrogen and oxygen atoms in total. The van der Waals surface area contributed by atoms with E-state index in [1.165, 1.54) is 0 Å². The zero-order valence-corrected chi connectivity index (χ0v) is 18.1. The van der Waals surface area contributed by atoms with Gasteiger partial charge in [0.2, 0.25) is 0 Å². The number of likely N-dealkylation sites (tertiary alicyclic amines) is 1. The van der Waals surface area contributed by atoms with Gasteiger partial charge in [-0.25, -0.2) is 29.6 Å². The van der Waals surface area contributed by atoms with Crippen LogP contribution in [0.3, 0.4) is 0 Å². The third kappa shape index (κ3) is 4.18. The standard InChI is InChI=1S/C21H30N6O5/c28-20-27(26-12-10-25(11-13-26)18-4-7-22-14-23-18)17-3-1-2-16(19(17)32-20)24-8-5-15(6-9-24)31-21(29)30/h4,7,14-17,19H,1-3,5-6,8-13H2,(H,29,30). The van der Waals surface area contributed by atoms with E-state index < -0.39 is 6.16 Å². The molecule has 3 aliphatic heterocycles. The monoisotopic (exact) mass is 446 g/mol. The Morgan fingerprint density at radius 3 is 2.50 bits per heavy atom. The van der Waals surface area contributed by atoms with Crippen LogP contribution in [0.5, 0.6) is 0 Å². The second-order valence-corrected chi connectivity index (χ2v) is 8.89. The normalized spacial score (nSPS) is 30.1. The van der Waals surface area contributed by atoms with Crippen molar-refractivity contribution in [2.75, 3.05) is 44.2 Å². The van der Waals surface area contributed by atoms with Crippen LogP contribution < -0.4 is 4.90 Å². The molecule has 4 fully saturated rings. The number of hydrogen-bond donors (Lipinski definition) is 1. The maximum atomic E-state index is 12.9. The first-order valence-electron chi connectivity index (χ1n) is 11.5. The Labute approximate surface area is 186 Å². The first kappa shape index (κ1) is 21.2. The first-order valence-corrected chi connectivity index (χ1v) is 11.5. The molecule has 0 bridgehead atoms. The number of rotatable bonds is 4. The number of fused-ring (bicyclic) bond motifs is 1. The van der Waals surface area contributed by atoms with Crippen molar-refractivity contribution >= 4 is 18.1 Å². The molecule has 1 amide bonds. The Hall–Kier alpha value is -2.66. The molecule has 3 saturated heterocycles. The SMILES string of the molecule is O=C(O)OC1CCN(C2CCCC3C2OC(=O)N3N2CCN(c3ccncn3)CC2)CC1. The number of hydrazine groups is 1. The topological polar surface area (TPSA) is 112 Å². The molecule has 5 rings (SSSR count). The van der Waals surface area contributed by atoms with Crippen LogP contribution in [0.25, 0.3) is 0 Å². The average Bonchev–Trinajstić information content (AvgIpc) is 3.16. The van der Waals surface area contributed by atoms with E-state index in [1.807, 2.05) is 11.1 Å². The van der Waals surface area contributed by atoms with E-state index in [1.54, 1.807) is 12.5 Å². The van der Waals surface area contributed by atoms with Gasteiger partial charge in [-0.2, -0.15) is 0 Å². The van der Waals surface area contributed by atoms with Gasteiger partial charge in [-0.3, -0.25) is 4.90 Å². The van der Waals surface area contributed by atoms with Gasteiger partial charge in [-0.15, -0.1) is 0 Å². The summed E-state index contributed by atoms with van der Waals surface area (Å²) in [4.78, 5) is 36.6. The lowest BCUT2D eigenvalue weighted by Crippen LogP contribution is -2.60. The molecule has 3 unspecified atom stereocenters. The highest BCUT2D eigenvalue weighted by molar-refractivity contribution is 5.70. The number of carboxylic acid groups (broad SMARTS) is 1. The summed E-state index contributed by atoms with van der Waals surface area (Å²) in [6.07, 6.45) is 5.82. The Bertz CT molecular complexity index is 812. The summed E-state index contributed by atoms with van der Waals surface area (Å²) in [7, 11) is 0. The zero-order valence-electron chi connectivity index (χ0n) is 18.1. The molecule has 1 aromatic heterocycles. The lowest BCUT2D eigenvalue weighted by molar-refractivity contribution is -0.0432. The number of carbonyl (C=O) groups excluding carboxylic acids is 1. The molecular weight excluding hydrogens is 416 g/mol. The average molecular weight is 447 g/mol. The summed E-state index contributed by atoms with van der Waals surface area (Å²) in [6, 6.07) is 2.14. The molecule has 174 valence electrons. The van der Waals surface area contributed by atoms with Crippen molar-refractivity contribution in [1.82, 2.24) is 24.9 Å². The van der Waals surface area contributed by atoms with Crippen molar-refractivity contribution in [2.24, 2.45) is 0 Å². The second kappa shape index (κ2) is 9.07. The first-order chi connectivity index (χ1) is 15.6. The number of hydrogen-bond acceptors (Lipinski definition) is 9. The highest BCUT2D eigenvalue weighted by atomic mass is 16.7. The third-order valence-electron chi connectivity index (χ3n) is 7.16. The molecule has 11 heteroatoms. The van der Waals surface area contributed by atoms with E-state index in [4.69, 9.17) is 14.6 Å². The van der Waals surface area contributed by atoms with Crippen LogP contribution in [-0.2, 0) is 9.47 Å². The lowest BCUT2D eigenvalue weighted by atomic mass is 9.86. The number of ether oxygens (including phenoxy) is 2. The Balaban J connectivity index is 1.20. The van der Waals surface area contributed by atoms with E-state index in [0.29, 0.717) is 12.8 Å². The van der Waals surface area contributed by atoms with Gasteiger partial charge >= 0.3 is 12.2 Å². The quantitative estimate of drug-likeness (QED) is 0.682. The van der Waals surface area contributed by atoms with Crippen molar-refractivity contribution in [2.45, 2.75) is 56.4 Å². The minimum Gasteiger partial charge on any atom is -0.450 e. The van der Waals surface area contributed by atoms with E-state index in [0.717, 1.165) is 64.3 Å². The van der Waals surface area contributed by atoms with Crippen LogP contribution in [-0.4, -0.2) is 106 Å². The summed E-state index contributed by atoms with van der Waals surface area (Å²) in [5, 5.41) is 12.9. The number of carbonyl (C=O) groups is 2. The highest BCUT2D eigenvalue weighted by Crippen LogP contribution is 2.37. The molecule has 4 heterocycles. The van der Waals surface area contributed by atoms with Crippen molar-refractivity contribution in [3.05, 3.63) is 18.6 Å². The molecule has 4 aliphatic rings.